The van der Waals surface area contributed by atoms with Gasteiger partial charge >= 0.3 is 0 Å². The van der Waals surface area contributed by atoms with Gasteiger partial charge in [0.25, 0.3) is 0 Å². The van der Waals surface area contributed by atoms with Crippen molar-refractivity contribution in [3.63, 3.8) is 0 Å². The first-order chi connectivity index (χ1) is 8.20. The highest BCUT2D eigenvalue weighted by Gasteiger charge is 2.16. The highest BCUT2D eigenvalue weighted by molar-refractivity contribution is 6.30. The van der Waals surface area contributed by atoms with E-state index >= 15 is 0 Å². The van der Waals surface area contributed by atoms with Crippen molar-refractivity contribution < 1.29 is 9.13 Å². The van der Waals surface area contributed by atoms with E-state index < -0.39 is 5.82 Å². The number of hydrogen-bond donors (Lipinski definition) is 1. The summed E-state index contributed by atoms with van der Waals surface area (Å²) in [5, 5.41) is 3.69. The maximum atomic E-state index is 13.6. The fourth-order valence-electron chi connectivity index (χ4n) is 2.07. The van der Waals surface area contributed by atoms with Crippen LogP contribution in [0.5, 0.6) is 5.75 Å². The van der Waals surface area contributed by atoms with Crippen molar-refractivity contribution in [3.8, 4) is 5.75 Å². The summed E-state index contributed by atoms with van der Waals surface area (Å²) >= 11 is 5.87. The SMILES string of the molecule is COc1c(F)cc(Cl)cc1CN1CCNCC1. The molecule has 2 rings (SSSR count). The van der Waals surface area contributed by atoms with Gasteiger partial charge in [-0.25, -0.2) is 4.39 Å². The largest absolute Gasteiger partial charge is 0.493 e. The number of benzene rings is 1. The summed E-state index contributed by atoms with van der Waals surface area (Å²) in [5.41, 5.74) is 0.805. The van der Waals surface area contributed by atoms with Crippen LogP contribution in [0.25, 0.3) is 0 Å². The molecule has 0 radical (unpaired) electrons. The molecule has 1 aliphatic heterocycles. The van der Waals surface area contributed by atoms with Crippen LogP contribution in [0.3, 0.4) is 0 Å². The lowest BCUT2D eigenvalue weighted by Crippen LogP contribution is -2.42. The summed E-state index contributed by atoms with van der Waals surface area (Å²) in [6.07, 6.45) is 0. The number of hydrogen-bond acceptors (Lipinski definition) is 3. The van der Waals surface area contributed by atoms with Gasteiger partial charge in [0.05, 0.1) is 7.11 Å². The number of methoxy groups -OCH3 is 1. The molecule has 1 N–H and O–H groups in total. The van der Waals surface area contributed by atoms with Gasteiger partial charge < -0.3 is 10.1 Å². The molecule has 0 amide bonds. The molecule has 0 aromatic heterocycles. The van der Waals surface area contributed by atoms with E-state index in [1.807, 2.05) is 0 Å². The van der Waals surface area contributed by atoms with E-state index in [4.69, 9.17) is 16.3 Å². The topological polar surface area (TPSA) is 24.5 Å². The standard InChI is InChI=1S/C12H16ClFN2O/c1-17-12-9(6-10(13)7-11(12)14)8-16-4-2-15-3-5-16/h6-7,15H,2-5,8H2,1H3. The fourth-order valence-corrected chi connectivity index (χ4v) is 2.30. The van der Waals surface area contributed by atoms with Gasteiger partial charge in [-0.15, -0.1) is 0 Å². The third-order valence-corrected chi connectivity index (χ3v) is 3.11. The predicted molar refractivity (Wildman–Crippen MR) is 66.1 cm³/mol. The Morgan fingerprint density at radius 1 is 1.41 bits per heavy atom. The molecule has 0 atom stereocenters. The number of piperazine rings is 1. The van der Waals surface area contributed by atoms with E-state index in [2.05, 4.69) is 10.2 Å². The van der Waals surface area contributed by atoms with Crippen LogP contribution in [0.1, 0.15) is 5.56 Å². The smallest absolute Gasteiger partial charge is 0.166 e. The fraction of sp³-hybridized carbons (Fsp3) is 0.500. The van der Waals surface area contributed by atoms with Gasteiger partial charge in [0.15, 0.2) is 11.6 Å². The minimum absolute atomic E-state index is 0.299. The van der Waals surface area contributed by atoms with E-state index in [-0.39, 0.29) is 0 Å². The first-order valence-electron chi connectivity index (χ1n) is 5.65. The number of ether oxygens (including phenoxy) is 1. The molecule has 17 heavy (non-hydrogen) atoms. The molecule has 0 bridgehead atoms. The minimum atomic E-state index is -0.398. The Balaban J connectivity index is 2.18. The number of rotatable bonds is 3. The molecule has 1 saturated heterocycles. The van der Waals surface area contributed by atoms with Crippen LogP contribution >= 0.6 is 11.6 Å². The van der Waals surface area contributed by atoms with Crippen LogP contribution in [-0.2, 0) is 6.54 Å². The quantitative estimate of drug-likeness (QED) is 0.896. The Bertz CT molecular complexity index is 394. The first-order valence-corrected chi connectivity index (χ1v) is 6.03. The molecule has 3 nitrogen and oxygen atoms in total. The van der Waals surface area contributed by atoms with Crippen molar-refractivity contribution in [1.82, 2.24) is 10.2 Å². The van der Waals surface area contributed by atoms with Gasteiger partial charge in [0, 0.05) is 43.3 Å². The van der Waals surface area contributed by atoms with Crippen LogP contribution in [0.2, 0.25) is 5.02 Å². The van der Waals surface area contributed by atoms with Gasteiger partial charge in [-0.05, 0) is 12.1 Å². The van der Waals surface area contributed by atoms with Crippen molar-refractivity contribution in [2.24, 2.45) is 0 Å². The molecule has 1 fully saturated rings. The van der Waals surface area contributed by atoms with Crippen LogP contribution < -0.4 is 10.1 Å². The van der Waals surface area contributed by atoms with Crippen molar-refractivity contribution in [2.75, 3.05) is 33.3 Å². The van der Waals surface area contributed by atoms with Crippen LogP contribution in [-0.4, -0.2) is 38.2 Å². The zero-order valence-electron chi connectivity index (χ0n) is 9.80. The van der Waals surface area contributed by atoms with Crippen molar-refractivity contribution in [1.29, 1.82) is 0 Å². The van der Waals surface area contributed by atoms with Gasteiger partial charge in [0.2, 0.25) is 0 Å². The van der Waals surface area contributed by atoms with E-state index in [0.717, 1.165) is 31.7 Å². The first kappa shape index (κ1) is 12.6. The Morgan fingerprint density at radius 3 is 2.76 bits per heavy atom. The maximum Gasteiger partial charge on any atom is 0.166 e. The van der Waals surface area contributed by atoms with E-state index in [1.165, 1.54) is 13.2 Å². The molecule has 0 spiro atoms. The molecule has 0 unspecified atom stereocenters. The second-order valence-electron chi connectivity index (χ2n) is 4.11. The zero-order chi connectivity index (χ0) is 12.3. The van der Waals surface area contributed by atoms with Gasteiger partial charge in [-0.2, -0.15) is 0 Å². The molecule has 94 valence electrons. The average molecular weight is 259 g/mol. The minimum Gasteiger partial charge on any atom is -0.493 e. The number of halogens is 2. The summed E-state index contributed by atoms with van der Waals surface area (Å²) in [6, 6.07) is 3.05. The lowest BCUT2D eigenvalue weighted by atomic mass is 10.1. The third-order valence-electron chi connectivity index (χ3n) is 2.89. The Hall–Kier alpha value is -0.840. The molecule has 5 heteroatoms. The number of nitrogens with zero attached hydrogens (tertiary/aromatic N) is 1. The highest BCUT2D eigenvalue weighted by Crippen LogP contribution is 2.27. The Kier molecular flexibility index (Phi) is 4.20. The van der Waals surface area contributed by atoms with Crippen LogP contribution in [0, 0.1) is 5.82 Å². The molecule has 0 saturated carbocycles. The lowest BCUT2D eigenvalue weighted by Gasteiger charge is -2.27. The van der Waals surface area contributed by atoms with Gasteiger partial charge in [-0.1, -0.05) is 11.6 Å². The third kappa shape index (κ3) is 3.09. The predicted octanol–water partition coefficient (Wildman–Crippen LogP) is 1.89. The van der Waals surface area contributed by atoms with Crippen molar-refractivity contribution >= 4 is 11.6 Å². The van der Waals surface area contributed by atoms with Crippen molar-refractivity contribution in [2.45, 2.75) is 6.54 Å². The Labute approximate surface area is 106 Å². The van der Waals surface area contributed by atoms with Crippen LogP contribution in [0.15, 0.2) is 12.1 Å². The summed E-state index contributed by atoms with van der Waals surface area (Å²) in [5.74, 6) is -0.0990. The molecule has 1 aromatic carbocycles. The summed E-state index contributed by atoms with van der Waals surface area (Å²) in [6.45, 7) is 4.51. The second-order valence-corrected chi connectivity index (χ2v) is 4.54. The van der Waals surface area contributed by atoms with E-state index in [0.29, 0.717) is 17.3 Å². The number of nitrogens with one attached hydrogen (secondary N) is 1. The molecular formula is C12H16ClFN2O. The maximum absolute atomic E-state index is 13.6. The zero-order valence-corrected chi connectivity index (χ0v) is 10.6. The Morgan fingerprint density at radius 2 is 2.12 bits per heavy atom. The molecule has 1 aliphatic rings. The molecule has 0 aliphatic carbocycles. The second kappa shape index (κ2) is 5.67. The normalized spacial score (nSPS) is 17.1. The van der Waals surface area contributed by atoms with Gasteiger partial charge in [0.1, 0.15) is 0 Å². The van der Waals surface area contributed by atoms with E-state index in [9.17, 15) is 4.39 Å². The molecule has 1 heterocycles. The lowest BCUT2D eigenvalue weighted by molar-refractivity contribution is 0.229. The average Bonchev–Trinajstić information content (AvgIpc) is 2.30. The van der Waals surface area contributed by atoms with Crippen LogP contribution in [0.4, 0.5) is 4.39 Å². The highest BCUT2D eigenvalue weighted by atomic mass is 35.5. The summed E-state index contributed by atoms with van der Waals surface area (Å²) in [7, 11) is 1.48. The van der Waals surface area contributed by atoms with E-state index in [1.54, 1.807) is 6.07 Å². The summed E-state index contributed by atoms with van der Waals surface area (Å²) in [4.78, 5) is 2.25. The molecular weight excluding hydrogens is 243 g/mol. The monoisotopic (exact) mass is 258 g/mol. The van der Waals surface area contributed by atoms with Crippen molar-refractivity contribution in [3.05, 3.63) is 28.5 Å². The van der Waals surface area contributed by atoms with Gasteiger partial charge in [-0.3, -0.25) is 4.90 Å². The summed E-state index contributed by atoms with van der Waals surface area (Å²) < 4.78 is 18.7. The molecule has 1 aromatic rings.